The quantitative estimate of drug-likeness (QED) is 0.438. The molecule has 0 spiro atoms. The minimum atomic E-state index is -0.0311. The molecule has 1 rings (SSSR count). The summed E-state index contributed by atoms with van der Waals surface area (Å²) in [5.74, 6) is 0.955. The zero-order valence-electron chi connectivity index (χ0n) is 15.0. The van der Waals surface area contributed by atoms with Gasteiger partial charge in [-0.05, 0) is 33.1 Å². The van der Waals surface area contributed by atoms with E-state index in [0.717, 1.165) is 18.6 Å². The first kappa shape index (κ1) is 19.7. The minimum Gasteiger partial charge on any atom is -0.467 e. The summed E-state index contributed by atoms with van der Waals surface area (Å²) in [6.07, 6.45) is 2.00. The fourth-order valence-corrected chi connectivity index (χ4v) is 4.44. The van der Waals surface area contributed by atoms with Gasteiger partial charge in [0, 0.05) is 23.4 Å². The molecule has 1 aromatic rings. The molecule has 22 heavy (non-hydrogen) atoms. The molecule has 2 nitrogen and oxygen atoms in total. The first-order valence-electron chi connectivity index (χ1n) is 7.90. The summed E-state index contributed by atoms with van der Waals surface area (Å²) in [5.41, 5.74) is 3.71. The highest BCUT2D eigenvalue weighted by molar-refractivity contribution is 7.69. The monoisotopic (exact) mass is 344 g/mol. The van der Waals surface area contributed by atoms with Crippen LogP contribution in [0.15, 0.2) is 12.1 Å². The van der Waals surface area contributed by atoms with Crippen LogP contribution in [0.3, 0.4) is 0 Å². The molecule has 0 aliphatic rings. The third-order valence-electron chi connectivity index (χ3n) is 4.27. The lowest BCUT2D eigenvalue weighted by atomic mass is 9.80. The van der Waals surface area contributed by atoms with E-state index in [0.29, 0.717) is 7.93 Å². The van der Waals surface area contributed by atoms with Crippen molar-refractivity contribution in [1.29, 1.82) is 0 Å². The third-order valence-corrected chi connectivity index (χ3v) is 6.69. The van der Waals surface area contributed by atoms with Crippen molar-refractivity contribution in [3.8, 4) is 5.75 Å². The van der Waals surface area contributed by atoms with Crippen LogP contribution in [-0.2, 0) is 15.3 Å². The van der Waals surface area contributed by atoms with Crippen LogP contribution in [0, 0.1) is 6.92 Å². The van der Waals surface area contributed by atoms with Crippen molar-refractivity contribution in [2.45, 2.75) is 65.0 Å². The molecule has 4 heteroatoms. The first-order valence-corrected chi connectivity index (χ1v) is 9.92. The van der Waals surface area contributed by atoms with E-state index >= 15 is 0 Å². The van der Waals surface area contributed by atoms with Crippen molar-refractivity contribution in [2.75, 3.05) is 13.9 Å². The standard InChI is InChI=1S/C18H30ClO2P/c1-8-18(9-2,22-19)15-11-13(3)10-14(17(4,5)6)16(15)21-12-20-7/h10-11,22H,8-9,12H2,1-7H3. The van der Waals surface area contributed by atoms with E-state index in [9.17, 15) is 0 Å². The van der Waals surface area contributed by atoms with Gasteiger partial charge in [0.25, 0.3) is 0 Å². The number of methoxy groups -OCH3 is 1. The average molecular weight is 345 g/mol. The van der Waals surface area contributed by atoms with Gasteiger partial charge >= 0.3 is 0 Å². The maximum absolute atomic E-state index is 6.43. The van der Waals surface area contributed by atoms with Crippen LogP contribution in [0.5, 0.6) is 5.75 Å². The van der Waals surface area contributed by atoms with Crippen molar-refractivity contribution in [3.63, 3.8) is 0 Å². The van der Waals surface area contributed by atoms with Gasteiger partial charge in [-0.2, -0.15) is 0 Å². The van der Waals surface area contributed by atoms with Crippen LogP contribution in [-0.4, -0.2) is 13.9 Å². The number of hydrogen-bond donors (Lipinski definition) is 0. The lowest BCUT2D eigenvalue weighted by Crippen LogP contribution is -2.23. The SMILES string of the molecule is CCC(CC)(PCl)c1cc(C)cc(C(C)(C)C)c1OCOC. The molecule has 126 valence electrons. The number of hydrogen-bond acceptors (Lipinski definition) is 2. The molecule has 1 unspecified atom stereocenters. The summed E-state index contributed by atoms with van der Waals surface area (Å²) in [6, 6.07) is 4.46. The van der Waals surface area contributed by atoms with Crippen LogP contribution in [0.1, 0.15) is 64.2 Å². The Morgan fingerprint density at radius 3 is 2.05 bits per heavy atom. The van der Waals surface area contributed by atoms with E-state index < -0.39 is 0 Å². The normalized spacial score (nSPS) is 13.1. The van der Waals surface area contributed by atoms with E-state index in [1.54, 1.807) is 7.11 Å². The van der Waals surface area contributed by atoms with Gasteiger partial charge in [0.1, 0.15) is 5.75 Å². The molecule has 0 amide bonds. The molecule has 0 saturated carbocycles. The highest BCUT2D eigenvalue weighted by Crippen LogP contribution is 2.54. The second kappa shape index (κ2) is 7.99. The van der Waals surface area contributed by atoms with Gasteiger partial charge in [-0.25, -0.2) is 0 Å². The highest BCUT2D eigenvalue weighted by atomic mass is 35.7. The average Bonchev–Trinajstić information content (AvgIpc) is 2.47. The van der Waals surface area contributed by atoms with Crippen LogP contribution in [0.25, 0.3) is 0 Å². The molecule has 0 N–H and O–H groups in total. The van der Waals surface area contributed by atoms with Gasteiger partial charge in [0.15, 0.2) is 6.79 Å². The summed E-state index contributed by atoms with van der Waals surface area (Å²) in [4.78, 5) is 0. The van der Waals surface area contributed by atoms with Crippen molar-refractivity contribution in [3.05, 3.63) is 28.8 Å². The molecule has 0 saturated heterocycles. The molecule has 0 aromatic heterocycles. The predicted octanol–water partition coefficient (Wildman–Crippen LogP) is 6.12. The second-order valence-electron chi connectivity index (χ2n) is 6.87. The lowest BCUT2D eigenvalue weighted by molar-refractivity contribution is 0.0485. The van der Waals surface area contributed by atoms with Crippen LogP contribution >= 0.6 is 19.2 Å². The Morgan fingerprint density at radius 2 is 1.64 bits per heavy atom. The van der Waals surface area contributed by atoms with E-state index in [2.05, 4.69) is 53.7 Å². The summed E-state index contributed by atoms with van der Waals surface area (Å²) in [7, 11) is 1.98. The van der Waals surface area contributed by atoms with Crippen LogP contribution < -0.4 is 4.74 Å². The van der Waals surface area contributed by atoms with E-state index in [1.165, 1.54) is 16.7 Å². The number of halogens is 1. The Kier molecular flexibility index (Phi) is 7.18. The maximum Gasteiger partial charge on any atom is 0.188 e. The van der Waals surface area contributed by atoms with Crippen molar-refractivity contribution in [1.82, 2.24) is 0 Å². The Balaban J connectivity index is 3.63. The number of rotatable bonds is 7. The first-order chi connectivity index (χ1) is 10.3. The summed E-state index contributed by atoms with van der Waals surface area (Å²) >= 11 is 6.43. The smallest absolute Gasteiger partial charge is 0.188 e. The van der Waals surface area contributed by atoms with Gasteiger partial charge in [0.05, 0.1) is 0 Å². The van der Waals surface area contributed by atoms with Gasteiger partial charge in [-0.3, -0.25) is 0 Å². The Hall–Kier alpha value is -0.300. The second-order valence-corrected chi connectivity index (χ2v) is 8.59. The lowest BCUT2D eigenvalue weighted by Gasteiger charge is -2.34. The number of aryl methyl sites for hydroxylation is 1. The van der Waals surface area contributed by atoms with Gasteiger partial charge < -0.3 is 9.47 Å². The molecule has 1 atom stereocenters. The Morgan fingerprint density at radius 1 is 1.09 bits per heavy atom. The minimum absolute atomic E-state index is 0.00644. The van der Waals surface area contributed by atoms with Crippen molar-refractivity contribution in [2.24, 2.45) is 0 Å². The molecule has 0 aliphatic carbocycles. The topological polar surface area (TPSA) is 18.5 Å². The van der Waals surface area contributed by atoms with E-state index in [-0.39, 0.29) is 17.4 Å². The molecule has 0 aliphatic heterocycles. The Bertz CT molecular complexity index is 482. The fourth-order valence-electron chi connectivity index (χ4n) is 2.77. The van der Waals surface area contributed by atoms with Gasteiger partial charge in [-0.15, -0.1) is 0 Å². The maximum atomic E-state index is 6.43. The fraction of sp³-hybridized carbons (Fsp3) is 0.667. The zero-order chi connectivity index (χ0) is 17.0. The summed E-state index contributed by atoms with van der Waals surface area (Å²) < 4.78 is 11.2. The largest absolute Gasteiger partial charge is 0.467 e. The van der Waals surface area contributed by atoms with Crippen molar-refractivity contribution >= 4 is 19.2 Å². The molecule has 0 heterocycles. The highest BCUT2D eigenvalue weighted by Gasteiger charge is 2.34. The van der Waals surface area contributed by atoms with Gasteiger partial charge in [0.2, 0.25) is 0 Å². The predicted molar refractivity (Wildman–Crippen MR) is 98.8 cm³/mol. The summed E-state index contributed by atoms with van der Waals surface area (Å²) in [6.45, 7) is 13.5. The molecule has 0 bridgehead atoms. The summed E-state index contributed by atoms with van der Waals surface area (Å²) in [5, 5.41) is -0.0311. The molecular formula is C18H30ClO2P. The number of benzene rings is 1. The molecule has 0 fully saturated rings. The van der Waals surface area contributed by atoms with Gasteiger partial charge in [-0.1, -0.05) is 63.6 Å². The van der Waals surface area contributed by atoms with Crippen LogP contribution in [0.2, 0.25) is 0 Å². The van der Waals surface area contributed by atoms with Crippen molar-refractivity contribution < 1.29 is 9.47 Å². The van der Waals surface area contributed by atoms with E-state index in [1.807, 2.05) is 0 Å². The number of ether oxygens (including phenoxy) is 2. The zero-order valence-corrected chi connectivity index (χ0v) is 16.7. The van der Waals surface area contributed by atoms with E-state index in [4.69, 9.17) is 20.7 Å². The third kappa shape index (κ3) is 4.16. The van der Waals surface area contributed by atoms with Crippen LogP contribution in [0.4, 0.5) is 0 Å². The molecule has 1 aromatic carbocycles. The molecular weight excluding hydrogens is 315 g/mol. The molecule has 0 radical (unpaired) electrons. The Labute approximate surface area is 142 Å².